The SMILES string of the molecule is CC(C)(CCNS(=O)(=O)N1CCCCC1)CCC(=O)O. The first-order valence-electron chi connectivity index (χ1n) is 7.19. The van der Waals surface area contributed by atoms with E-state index in [-0.39, 0.29) is 11.8 Å². The van der Waals surface area contributed by atoms with Crippen LogP contribution < -0.4 is 4.72 Å². The Morgan fingerprint density at radius 1 is 1.20 bits per heavy atom. The van der Waals surface area contributed by atoms with Crippen molar-refractivity contribution in [1.82, 2.24) is 9.03 Å². The molecule has 1 rings (SSSR count). The lowest BCUT2D eigenvalue weighted by Crippen LogP contribution is -2.44. The molecular weight excluding hydrogens is 280 g/mol. The van der Waals surface area contributed by atoms with Crippen molar-refractivity contribution < 1.29 is 18.3 Å². The van der Waals surface area contributed by atoms with Gasteiger partial charge in [0.1, 0.15) is 0 Å². The normalized spacial score (nSPS) is 18.1. The van der Waals surface area contributed by atoms with Crippen LogP contribution in [0.2, 0.25) is 0 Å². The number of aliphatic carboxylic acids is 1. The Balaban J connectivity index is 2.36. The average Bonchev–Trinajstić information content (AvgIpc) is 2.37. The van der Waals surface area contributed by atoms with Crippen LogP contribution in [-0.4, -0.2) is 43.4 Å². The van der Waals surface area contributed by atoms with Crippen molar-refractivity contribution in [2.45, 2.75) is 52.4 Å². The molecule has 0 radical (unpaired) electrons. The van der Waals surface area contributed by atoms with E-state index < -0.39 is 16.2 Å². The summed E-state index contributed by atoms with van der Waals surface area (Å²) in [6, 6.07) is 0. The van der Waals surface area contributed by atoms with E-state index in [0.717, 1.165) is 19.3 Å². The molecule has 118 valence electrons. The second-order valence-electron chi connectivity index (χ2n) is 6.17. The van der Waals surface area contributed by atoms with Gasteiger partial charge in [0, 0.05) is 26.1 Å². The number of carbonyl (C=O) groups is 1. The molecule has 1 aliphatic rings. The maximum Gasteiger partial charge on any atom is 0.303 e. The van der Waals surface area contributed by atoms with Crippen molar-refractivity contribution in [3.05, 3.63) is 0 Å². The average molecular weight is 306 g/mol. The van der Waals surface area contributed by atoms with Gasteiger partial charge in [0.15, 0.2) is 0 Å². The molecule has 0 saturated carbocycles. The molecule has 1 heterocycles. The predicted molar refractivity (Wildman–Crippen MR) is 77.6 cm³/mol. The van der Waals surface area contributed by atoms with Crippen LogP contribution in [0.4, 0.5) is 0 Å². The van der Waals surface area contributed by atoms with Crippen LogP contribution in [0, 0.1) is 5.41 Å². The predicted octanol–water partition coefficient (Wildman–Crippen LogP) is 1.59. The molecule has 0 aromatic rings. The van der Waals surface area contributed by atoms with Crippen molar-refractivity contribution in [2.24, 2.45) is 5.41 Å². The fraction of sp³-hybridized carbons (Fsp3) is 0.923. The zero-order valence-corrected chi connectivity index (χ0v) is 13.2. The Bertz CT molecular complexity index is 414. The van der Waals surface area contributed by atoms with Crippen LogP contribution in [0.3, 0.4) is 0 Å². The summed E-state index contributed by atoms with van der Waals surface area (Å²) in [5.41, 5.74) is -0.178. The highest BCUT2D eigenvalue weighted by Gasteiger charge is 2.25. The third-order valence-corrected chi connectivity index (χ3v) is 5.37. The van der Waals surface area contributed by atoms with Gasteiger partial charge in [0.25, 0.3) is 10.2 Å². The number of carboxylic acids is 1. The highest BCUT2D eigenvalue weighted by molar-refractivity contribution is 7.87. The second-order valence-corrected chi connectivity index (χ2v) is 7.92. The Hall–Kier alpha value is -0.660. The number of nitrogens with one attached hydrogen (secondary N) is 1. The van der Waals surface area contributed by atoms with E-state index in [1.807, 2.05) is 13.8 Å². The van der Waals surface area contributed by atoms with E-state index in [1.165, 1.54) is 4.31 Å². The molecule has 1 fully saturated rings. The standard InChI is InChI=1S/C13H26N2O4S/c1-13(2,7-6-12(16)17)8-9-14-20(18,19)15-10-4-3-5-11-15/h14H,3-11H2,1-2H3,(H,16,17). The number of rotatable bonds is 8. The minimum absolute atomic E-state index is 0.117. The van der Waals surface area contributed by atoms with Crippen molar-refractivity contribution in [3.63, 3.8) is 0 Å². The minimum Gasteiger partial charge on any atom is -0.481 e. The number of hydrogen-bond acceptors (Lipinski definition) is 3. The summed E-state index contributed by atoms with van der Waals surface area (Å²) in [5.74, 6) is -0.813. The summed E-state index contributed by atoms with van der Waals surface area (Å²) >= 11 is 0. The zero-order chi connectivity index (χ0) is 15.2. The lowest BCUT2D eigenvalue weighted by atomic mass is 9.84. The summed E-state index contributed by atoms with van der Waals surface area (Å²) in [6.45, 7) is 5.47. The van der Waals surface area contributed by atoms with Gasteiger partial charge in [-0.15, -0.1) is 0 Å². The van der Waals surface area contributed by atoms with E-state index in [0.29, 0.717) is 32.5 Å². The molecule has 1 aliphatic heterocycles. The Kier molecular flexibility index (Phi) is 6.42. The van der Waals surface area contributed by atoms with Crippen LogP contribution in [0.15, 0.2) is 0 Å². The Morgan fingerprint density at radius 3 is 2.35 bits per heavy atom. The number of piperidine rings is 1. The zero-order valence-electron chi connectivity index (χ0n) is 12.4. The van der Waals surface area contributed by atoms with E-state index >= 15 is 0 Å². The lowest BCUT2D eigenvalue weighted by molar-refractivity contribution is -0.137. The van der Waals surface area contributed by atoms with Crippen LogP contribution in [0.25, 0.3) is 0 Å². The van der Waals surface area contributed by atoms with Crippen LogP contribution in [0.5, 0.6) is 0 Å². The van der Waals surface area contributed by atoms with E-state index in [1.54, 1.807) is 0 Å². The molecule has 7 heteroatoms. The van der Waals surface area contributed by atoms with Gasteiger partial charge in [0.2, 0.25) is 0 Å². The Labute approximate surface area is 121 Å². The molecule has 0 unspecified atom stereocenters. The molecule has 0 aromatic carbocycles. The van der Waals surface area contributed by atoms with Crippen LogP contribution in [-0.2, 0) is 15.0 Å². The van der Waals surface area contributed by atoms with Gasteiger partial charge in [0.05, 0.1) is 0 Å². The molecule has 1 saturated heterocycles. The van der Waals surface area contributed by atoms with E-state index in [4.69, 9.17) is 5.11 Å². The molecule has 0 aromatic heterocycles. The maximum absolute atomic E-state index is 12.1. The maximum atomic E-state index is 12.1. The van der Waals surface area contributed by atoms with Gasteiger partial charge in [-0.05, 0) is 31.1 Å². The quantitative estimate of drug-likeness (QED) is 0.713. The fourth-order valence-corrected chi connectivity index (χ4v) is 3.57. The van der Waals surface area contributed by atoms with Crippen molar-refractivity contribution in [3.8, 4) is 0 Å². The van der Waals surface area contributed by atoms with Gasteiger partial charge in [-0.25, -0.2) is 4.72 Å². The van der Waals surface area contributed by atoms with Gasteiger partial charge in [-0.3, -0.25) is 4.79 Å². The fourth-order valence-electron chi connectivity index (χ4n) is 2.29. The summed E-state index contributed by atoms with van der Waals surface area (Å²) < 4.78 is 28.2. The summed E-state index contributed by atoms with van der Waals surface area (Å²) in [7, 11) is -3.37. The van der Waals surface area contributed by atoms with Gasteiger partial charge < -0.3 is 5.11 Å². The van der Waals surface area contributed by atoms with Crippen LogP contribution >= 0.6 is 0 Å². The molecule has 2 N–H and O–H groups in total. The topological polar surface area (TPSA) is 86.7 Å². The molecule has 0 aliphatic carbocycles. The van der Waals surface area contributed by atoms with E-state index in [9.17, 15) is 13.2 Å². The first-order chi connectivity index (χ1) is 9.23. The van der Waals surface area contributed by atoms with Crippen molar-refractivity contribution >= 4 is 16.2 Å². The van der Waals surface area contributed by atoms with Crippen molar-refractivity contribution in [1.29, 1.82) is 0 Å². The summed E-state index contributed by atoms with van der Waals surface area (Å²) in [6.07, 6.45) is 4.23. The molecule has 0 amide bonds. The van der Waals surface area contributed by atoms with Crippen molar-refractivity contribution in [2.75, 3.05) is 19.6 Å². The van der Waals surface area contributed by atoms with Gasteiger partial charge >= 0.3 is 5.97 Å². The van der Waals surface area contributed by atoms with Gasteiger partial charge in [-0.1, -0.05) is 20.3 Å². The van der Waals surface area contributed by atoms with Gasteiger partial charge in [-0.2, -0.15) is 12.7 Å². The second kappa shape index (κ2) is 7.38. The number of hydrogen-bond donors (Lipinski definition) is 2. The first kappa shape index (κ1) is 17.4. The molecular formula is C13H26N2O4S. The highest BCUT2D eigenvalue weighted by Crippen LogP contribution is 2.26. The lowest BCUT2D eigenvalue weighted by Gasteiger charge is -2.28. The largest absolute Gasteiger partial charge is 0.481 e. The van der Waals surface area contributed by atoms with Crippen LogP contribution in [0.1, 0.15) is 52.4 Å². The third-order valence-electron chi connectivity index (χ3n) is 3.76. The summed E-state index contributed by atoms with van der Waals surface area (Å²) in [4.78, 5) is 10.6. The minimum atomic E-state index is -3.37. The molecule has 0 bridgehead atoms. The number of carboxylic acid groups (broad SMARTS) is 1. The third kappa shape index (κ3) is 6.19. The molecule has 20 heavy (non-hydrogen) atoms. The van der Waals surface area contributed by atoms with E-state index in [2.05, 4.69) is 4.72 Å². The number of nitrogens with zero attached hydrogens (tertiary/aromatic N) is 1. The molecule has 6 nitrogen and oxygen atoms in total. The highest BCUT2D eigenvalue weighted by atomic mass is 32.2. The first-order valence-corrected chi connectivity index (χ1v) is 8.63. The monoisotopic (exact) mass is 306 g/mol. The smallest absolute Gasteiger partial charge is 0.303 e. The molecule has 0 spiro atoms. The summed E-state index contributed by atoms with van der Waals surface area (Å²) in [5, 5.41) is 8.68. The Morgan fingerprint density at radius 2 is 1.80 bits per heavy atom. The molecule has 0 atom stereocenters.